The number of piperazine rings is 1. The van der Waals surface area contributed by atoms with Crippen LogP contribution in [0.15, 0.2) is 42.7 Å². The van der Waals surface area contributed by atoms with E-state index in [2.05, 4.69) is 16.4 Å². The fourth-order valence-corrected chi connectivity index (χ4v) is 3.53. The molecule has 2 aromatic rings. The predicted molar refractivity (Wildman–Crippen MR) is 115 cm³/mol. The van der Waals surface area contributed by atoms with Crippen LogP contribution in [-0.4, -0.2) is 53.9 Å². The number of pyridine rings is 1. The molecule has 1 N–H and O–H groups in total. The van der Waals surface area contributed by atoms with E-state index in [1.54, 1.807) is 47.6 Å². The van der Waals surface area contributed by atoms with Crippen LogP contribution in [0.3, 0.4) is 0 Å². The van der Waals surface area contributed by atoms with Crippen LogP contribution in [0.25, 0.3) is 0 Å². The third kappa shape index (κ3) is 4.99. The highest BCUT2D eigenvalue weighted by atomic mass is 16.2. The Morgan fingerprint density at radius 3 is 2.29 bits per heavy atom. The van der Waals surface area contributed by atoms with Crippen molar-refractivity contribution in [2.45, 2.75) is 19.9 Å². The second-order valence-corrected chi connectivity index (χ2v) is 7.70. The van der Waals surface area contributed by atoms with E-state index in [1.807, 2.05) is 24.8 Å². The van der Waals surface area contributed by atoms with Crippen molar-refractivity contribution in [3.63, 3.8) is 0 Å². The van der Waals surface area contributed by atoms with Crippen molar-refractivity contribution in [3.05, 3.63) is 59.4 Å². The lowest BCUT2D eigenvalue weighted by Gasteiger charge is -2.37. The number of hydrogen-bond acceptors (Lipinski definition) is 6. The highest BCUT2D eigenvalue weighted by molar-refractivity contribution is 6.02. The summed E-state index contributed by atoms with van der Waals surface area (Å²) < 4.78 is 0. The molecule has 8 nitrogen and oxygen atoms in total. The van der Waals surface area contributed by atoms with E-state index in [0.29, 0.717) is 42.9 Å². The van der Waals surface area contributed by atoms with Crippen LogP contribution in [0.2, 0.25) is 0 Å². The number of amides is 2. The van der Waals surface area contributed by atoms with Gasteiger partial charge in [-0.2, -0.15) is 10.5 Å². The third-order valence-electron chi connectivity index (χ3n) is 5.35. The molecular formula is C23H24N6O2. The number of nitriles is 2. The summed E-state index contributed by atoms with van der Waals surface area (Å²) in [5, 5.41) is 21.1. The molecule has 2 heterocycles. The average molecular weight is 416 g/mol. The number of carbonyl (C=O) groups is 2. The van der Waals surface area contributed by atoms with Crippen LogP contribution in [0.4, 0.5) is 10.5 Å². The minimum absolute atomic E-state index is 0.0954. The molecule has 0 aliphatic carbocycles. The second-order valence-electron chi connectivity index (χ2n) is 7.70. The molecule has 1 unspecified atom stereocenters. The van der Waals surface area contributed by atoms with Crippen molar-refractivity contribution < 1.29 is 9.59 Å². The number of carbonyl (C=O) groups excluding carboxylic acids is 2. The Balaban J connectivity index is 1.63. The van der Waals surface area contributed by atoms with E-state index < -0.39 is 6.04 Å². The lowest BCUT2D eigenvalue weighted by Crippen LogP contribution is -2.55. The second kappa shape index (κ2) is 9.73. The van der Waals surface area contributed by atoms with Crippen molar-refractivity contribution >= 4 is 17.5 Å². The van der Waals surface area contributed by atoms with Crippen LogP contribution in [0.5, 0.6) is 0 Å². The molecule has 2 amide bonds. The molecule has 0 spiro atoms. The molecule has 1 fully saturated rings. The Morgan fingerprint density at radius 2 is 1.71 bits per heavy atom. The largest absolute Gasteiger partial charge is 0.366 e. The van der Waals surface area contributed by atoms with Gasteiger partial charge in [0.05, 0.1) is 35.1 Å². The van der Waals surface area contributed by atoms with Gasteiger partial charge in [0.1, 0.15) is 6.07 Å². The maximum atomic E-state index is 12.9. The molecule has 1 atom stereocenters. The fourth-order valence-electron chi connectivity index (χ4n) is 3.53. The van der Waals surface area contributed by atoms with Crippen LogP contribution in [0.1, 0.15) is 35.3 Å². The highest BCUT2D eigenvalue weighted by Crippen LogP contribution is 2.20. The minimum atomic E-state index is -0.665. The summed E-state index contributed by atoms with van der Waals surface area (Å²) >= 11 is 0. The van der Waals surface area contributed by atoms with Gasteiger partial charge >= 0.3 is 6.03 Å². The molecule has 0 saturated carbocycles. The number of urea groups is 1. The Labute approximate surface area is 181 Å². The molecule has 8 heteroatoms. The van der Waals surface area contributed by atoms with Gasteiger partial charge in [-0.15, -0.1) is 0 Å². The predicted octanol–water partition coefficient (Wildman–Crippen LogP) is 2.56. The van der Waals surface area contributed by atoms with Crippen LogP contribution < -0.4 is 10.2 Å². The lowest BCUT2D eigenvalue weighted by atomic mass is 9.94. The summed E-state index contributed by atoms with van der Waals surface area (Å²) in [5.41, 5.74) is 2.26. The summed E-state index contributed by atoms with van der Waals surface area (Å²) in [4.78, 5) is 33.6. The zero-order chi connectivity index (χ0) is 22.4. The van der Waals surface area contributed by atoms with E-state index in [0.717, 1.165) is 5.69 Å². The number of anilines is 1. The van der Waals surface area contributed by atoms with E-state index in [1.165, 1.54) is 0 Å². The van der Waals surface area contributed by atoms with Gasteiger partial charge in [-0.05, 0) is 24.1 Å². The lowest BCUT2D eigenvalue weighted by molar-refractivity contribution is 0.0913. The number of Topliss-reactive ketones (excluding diaryl/α,β-unsaturated/α-hetero) is 1. The summed E-state index contributed by atoms with van der Waals surface area (Å²) in [7, 11) is 0. The van der Waals surface area contributed by atoms with Crippen molar-refractivity contribution in [2.75, 3.05) is 31.1 Å². The number of nitrogens with zero attached hydrogens (tertiary/aromatic N) is 5. The van der Waals surface area contributed by atoms with Crippen molar-refractivity contribution in [1.29, 1.82) is 10.5 Å². The monoisotopic (exact) mass is 416 g/mol. The molecule has 1 saturated heterocycles. The van der Waals surface area contributed by atoms with Gasteiger partial charge in [-0.3, -0.25) is 9.78 Å². The van der Waals surface area contributed by atoms with Crippen molar-refractivity contribution in [1.82, 2.24) is 15.2 Å². The molecule has 31 heavy (non-hydrogen) atoms. The number of hydrogen-bond donors (Lipinski definition) is 1. The molecule has 1 aliphatic rings. The Bertz CT molecular complexity index is 1030. The molecule has 158 valence electrons. The van der Waals surface area contributed by atoms with Crippen LogP contribution in [0, 0.1) is 28.6 Å². The van der Waals surface area contributed by atoms with Gasteiger partial charge in [-0.1, -0.05) is 26.0 Å². The fraction of sp³-hybridized carbons (Fsp3) is 0.348. The van der Waals surface area contributed by atoms with Gasteiger partial charge < -0.3 is 15.1 Å². The zero-order valence-corrected chi connectivity index (χ0v) is 17.6. The van der Waals surface area contributed by atoms with E-state index in [4.69, 9.17) is 5.26 Å². The quantitative estimate of drug-likeness (QED) is 0.750. The molecule has 1 aromatic heterocycles. The van der Waals surface area contributed by atoms with E-state index >= 15 is 0 Å². The van der Waals surface area contributed by atoms with E-state index in [9.17, 15) is 14.9 Å². The standard InChI is InChI=1S/C23H24N6O2/c1-16(2)21(22(30)18-5-3-17(13-24)4-6-18)27-23(31)29-11-9-28(10-12-29)20-15-26-8-7-19(20)14-25/h3-8,15-16,21H,9-12H2,1-2H3,(H,27,31). The summed E-state index contributed by atoms with van der Waals surface area (Å²) in [6.45, 7) is 5.86. The molecule has 0 radical (unpaired) electrons. The van der Waals surface area contributed by atoms with Gasteiger partial charge in [-0.25, -0.2) is 4.79 Å². The van der Waals surface area contributed by atoms with Crippen LogP contribution in [-0.2, 0) is 0 Å². The normalized spacial score (nSPS) is 14.5. The number of aromatic nitrogens is 1. The Kier molecular flexibility index (Phi) is 6.84. The van der Waals surface area contributed by atoms with Gasteiger partial charge in [0.15, 0.2) is 5.78 Å². The first-order valence-corrected chi connectivity index (χ1v) is 10.1. The zero-order valence-electron chi connectivity index (χ0n) is 17.6. The average Bonchev–Trinajstić information content (AvgIpc) is 2.81. The summed E-state index contributed by atoms with van der Waals surface area (Å²) in [5.74, 6) is -0.276. The van der Waals surface area contributed by atoms with E-state index in [-0.39, 0.29) is 17.7 Å². The van der Waals surface area contributed by atoms with Crippen LogP contribution >= 0.6 is 0 Å². The first kappa shape index (κ1) is 21.8. The SMILES string of the molecule is CC(C)C(NC(=O)N1CCN(c2cnccc2C#N)CC1)C(=O)c1ccc(C#N)cc1. The minimum Gasteiger partial charge on any atom is -0.366 e. The first-order chi connectivity index (χ1) is 14.9. The molecular weight excluding hydrogens is 392 g/mol. The van der Waals surface area contributed by atoms with Crippen molar-refractivity contribution in [3.8, 4) is 12.1 Å². The Morgan fingerprint density at radius 1 is 1.03 bits per heavy atom. The molecule has 0 bridgehead atoms. The number of rotatable bonds is 5. The topological polar surface area (TPSA) is 113 Å². The maximum absolute atomic E-state index is 12.9. The van der Waals surface area contributed by atoms with Gasteiger partial charge in [0, 0.05) is 37.9 Å². The summed E-state index contributed by atoms with van der Waals surface area (Å²) in [6, 6.07) is 11.3. The van der Waals surface area contributed by atoms with Crippen molar-refractivity contribution in [2.24, 2.45) is 5.92 Å². The van der Waals surface area contributed by atoms with Gasteiger partial charge in [0.25, 0.3) is 0 Å². The number of benzene rings is 1. The Hall–Kier alpha value is -3.91. The summed E-state index contributed by atoms with van der Waals surface area (Å²) in [6.07, 6.45) is 3.25. The molecule has 1 aromatic carbocycles. The first-order valence-electron chi connectivity index (χ1n) is 10.1. The highest BCUT2D eigenvalue weighted by Gasteiger charge is 2.29. The maximum Gasteiger partial charge on any atom is 0.318 e. The molecule has 3 rings (SSSR count). The number of ketones is 1. The molecule has 1 aliphatic heterocycles. The number of nitrogens with one attached hydrogen (secondary N) is 1. The van der Waals surface area contributed by atoms with Gasteiger partial charge in [0.2, 0.25) is 0 Å². The third-order valence-corrected chi connectivity index (χ3v) is 5.35. The smallest absolute Gasteiger partial charge is 0.318 e.